The Morgan fingerprint density at radius 3 is 0.590 bits per heavy atom. The van der Waals surface area contributed by atoms with Crippen molar-refractivity contribution in [3.63, 3.8) is 0 Å². The van der Waals surface area contributed by atoms with Crippen molar-refractivity contribution in [2.45, 2.75) is 0 Å². The molecule has 9 aromatic carbocycles. The molecule has 0 aliphatic heterocycles. The Morgan fingerprint density at radius 2 is 0.410 bits per heavy atom. The van der Waals surface area contributed by atoms with Crippen LogP contribution in [0.15, 0.2) is 218 Å². The minimum Gasteiger partial charge on any atom is -0.497 e. The number of ether oxygens (including phenoxy) is 3. The molecule has 0 unspecified atom stereocenters. The fraction of sp³-hybridized carbons (Fsp3) is 0.0526. The smallest absolute Gasteiger partial charge is 0.118 e. The van der Waals surface area contributed by atoms with Crippen molar-refractivity contribution in [1.29, 1.82) is 0 Å². The predicted octanol–water partition coefficient (Wildman–Crippen LogP) is 15.2. The molecule has 0 radical (unpaired) electrons. The lowest BCUT2D eigenvalue weighted by Crippen LogP contribution is -2.09. The fourth-order valence-electron chi connectivity index (χ4n) is 8.09. The second kappa shape index (κ2) is 17.6. The first kappa shape index (κ1) is 38.7. The molecule has 296 valence electrons. The van der Waals surface area contributed by atoms with Gasteiger partial charge in [-0.05, 0) is 140 Å². The fourth-order valence-corrected chi connectivity index (χ4v) is 8.09. The summed E-state index contributed by atoms with van der Waals surface area (Å²) < 4.78 is 16.3. The summed E-state index contributed by atoms with van der Waals surface area (Å²) in [5.74, 6) is 2.53. The van der Waals surface area contributed by atoms with Crippen LogP contribution >= 0.6 is 0 Å². The van der Waals surface area contributed by atoms with Crippen LogP contribution in [0.3, 0.4) is 0 Å². The SMILES string of the molecule is COc1ccc(-c2ccccc2-c2ccc(N(c3ccc(-c4ccccc4-c4ccc(OC)cc4)cc3)c3ccc(-c4ccccc4-c4ccc(OC)cc4)cc3)cc2)cc1. The summed E-state index contributed by atoms with van der Waals surface area (Å²) in [6.07, 6.45) is 0. The molecule has 61 heavy (non-hydrogen) atoms. The van der Waals surface area contributed by atoms with Gasteiger partial charge in [0.05, 0.1) is 21.3 Å². The molecule has 0 spiro atoms. The van der Waals surface area contributed by atoms with Gasteiger partial charge in [-0.2, -0.15) is 0 Å². The van der Waals surface area contributed by atoms with Gasteiger partial charge in [0.15, 0.2) is 0 Å². The standard InChI is InChI=1S/C57H45NO3/c1-59-49-34-22-43(23-35-49)55-13-7-4-10-52(55)40-16-28-46(29-17-40)58(47-30-18-41(19-31-47)53-11-5-8-14-56(53)44-24-36-50(60-2)37-25-44)48-32-20-42(21-33-48)54-12-6-9-15-57(54)45-26-38-51(61-3)39-27-45/h4-39H,1-3H3. The topological polar surface area (TPSA) is 30.9 Å². The van der Waals surface area contributed by atoms with Crippen molar-refractivity contribution >= 4 is 17.1 Å². The van der Waals surface area contributed by atoms with Gasteiger partial charge in [0, 0.05) is 17.1 Å². The zero-order valence-corrected chi connectivity index (χ0v) is 34.5. The average Bonchev–Trinajstić information content (AvgIpc) is 3.35. The van der Waals surface area contributed by atoms with E-state index in [2.05, 4.69) is 187 Å². The molecule has 4 heteroatoms. The van der Waals surface area contributed by atoms with E-state index in [0.29, 0.717) is 0 Å². The molecule has 0 fully saturated rings. The Bertz CT molecular complexity index is 2550. The maximum Gasteiger partial charge on any atom is 0.118 e. The normalized spacial score (nSPS) is 10.9. The van der Waals surface area contributed by atoms with Crippen LogP contribution in [-0.4, -0.2) is 21.3 Å². The molecule has 9 rings (SSSR count). The van der Waals surface area contributed by atoms with Crippen molar-refractivity contribution in [1.82, 2.24) is 0 Å². The summed E-state index contributed by atoms with van der Waals surface area (Å²) in [6, 6.07) is 77.2. The molecular formula is C57H45NO3. The number of hydrogen-bond donors (Lipinski definition) is 0. The zero-order chi connectivity index (χ0) is 41.5. The first-order chi connectivity index (χ1) is 30.1. The van der Waals surface area contributed by atoms with E-state index in [-0.39, 0.29) is 0 Å². The molecule has 0 bridgehead atoms. The van der Waals surface area contributed by atoms with Crippen molar-refractivity contribution in [2.24, 2.45) is 0 Å². The molecule has 4 nitrogen and oxygen atoms in total. The molecule has 0 N–H and O–H groups in total. The van der Waals surface area contributed by atoms with Crippen LogP contribution < -0.4 is 19.1 Å². The monoisotopic (exact) mass is 791 g/mol. The molecule has 0 heterocycles. The summed E-state index contributed by atoms with van der Waals surface area (Å²) in [5.41, 5.74) is 17.1. The van der Waals surface area contributed by atoms with Crippen LogP contribution in [0.2, 0.25) is 0 Å². The highest BCUT2D eigenvalue weighted by molar-refractivity contribution is 5.89. The molecule has 9 aromatic rings. The number of nitrogens with zero attached hydrogens (tertiary/aromatic N) is 1. The first-order valence-corrected chi connectivity index (χ1v) is 20.4. The molecule has 0 amide bonds. The molecular weight excluding hydrogens is 747 g/mol. The molecule has 0 saturated carbocycles. The largest absolute Gasteiger partial charge is 0.497 e. The Kier molecular flexibility index (Phi) is 11.1. The van der Waals surface area contributed by atoms with Crippen LogP contribution in [-0.2, 0) is 0 Å². The summed E-state index contributed by atoms with van der Waals surface area (Å²) in [6.45, 7) is 0. The third kappa shape index (κ3) is 8.12. The van der Waals surface area contributed by atoms with E-state index in [9.17, 15) is 0 Å². The van der Waals surface area contributed by atoms with Gasteiger partial charge < -0.3 is 19.1 Å². The van der Waals surface area contributed by atoms with Crippen LogP contribution in [0.5, 0.6) is 17.2 Å². The summed E-state index contributed by atoms with van der Waals surface area (Å²) in [7, 11) is 5.09. The van der Waals surface area contributed by atoms with Crippen molar-refractivity contribution < 1.29 is 14.2 Å². The van der Waals surface area contributed by atoms with Crippen molar-refractivity contribution in [3.05, 3.63) is 218 Å². The average molecular weight is 792 g/mol. The number of rotatable bonds is 12. The minimum absolute atomic E-state index is 0.842. The second-order valence-electron chi connectivity index (χ2n) is 14.8. The highest BCUT2D eigenvalue weighted by Gasteiger charge is 2.17. The Hall–Kier alpha value is -7.82. The number of methoxy groups -OCH3 is 3. The van der Waals surface area contributed by atoms with Crippen LogP contribution in [0.1, 0.15) is 0 Å². The van der Waals surface area contributed by atoms with Gasteiger partial charge in [-0.1, -0.05) is 146 Å². The van der Waals surface area contributed by atoms with Gasteiger partial charge >= 0.3 is 0 Å². The number of anilines is 3. The third-order valence-electron chi connectivity index (χ3n) is 11.3. The van der Waals surface area contributed by atoms with Gasteiger partial charge in [-0.25, -0.2) is 0 Å². The van der Waals surface area contributed by atoms with Gasteiger partial charge in [0.1, 0.15) is 17.2 Å². The van der Waals surface area contributed by atoms with E-state index in [4.69, 9.17) is 14.2 Å². The Balaban J connectivity index is 1.09. The molecule has 0 saturated heterocycles. The lowest BCUT2D eigenvalue weighted by Gasteiger charge is -2.26. The maximum atomic E-state index is 5.44. The minimum atomic E-state index is 0.842. The van der Waals surface area contributed by atoms with E-state index in [1.807, 2.05) is 36.4 Å². The number of hydrogen-bond acceptors (Lipinski definition) is 4. The highest BCUT2D eigenvalue weighted by atomic mass is 16.5. The number of benzene rings is 9. The zero-order valence-electron chi connectivity index (χ0n) is 34.5. The Morgan fingerprint density at radius 1 is 0.230 bits per heavy atom. The van der Waals surface area contributed by atoms with Crippen LogP contribution in [0, 0.1) is 0 Å². The van der Waals surface area contributed by atoms with E-state index in [0.717, 1.165) is 67.7 Å². The van der Waals surface area contributed by atoms with E-state index < -0.39 is 0 Å². The van der Waals surface area contributed by atoms with Gasteiger partial charge in [0.2, 0.25) is 0 Å². The predicted molar refractivity (Wildman–Crippen MR) is 253 cm³/mol. The summed E-state index contributed by atoms with van der Waals surface area (Å²) in [5, 5.41) is 0. The van der Waals surface area contributed by atoms with Crippen LogP contribution in [0.4, 0.5) is 17.1 Å². The molecule has 0 atom stereocenters. The molecule has 0 aliphatic rings. The third-order valence-corrected chi connectivity index (χ3v) is 11.3. The molecule has 0 aromatic heterocycles. The highest BCUT2D eigenvalue weighted by Crippen LogP contribution is 2.41. The van der Waals surface area contributed by atoms with Gasteiger partial charge in [-0.15, -0.1) is 0 Å². The maximum absolute atomic E-state index is 5.44. The van der Waals surface area contributed by atoms with E-state index in [1.54, 1.807) is 21.3 Å². The summed E-state index contributed by atoms with van der Waals surface area (Å²) >= 11 is 0. The second-order valence-corrected chi connectivity index (χ2v) is 14.8. The molecule has 0 aliphatic carbocycles. The first-order valence-electron chi connectivity index (χ1n) is 20.4. The van der Waals surface area contributed by atoms with Crippen molar-refractivity contribution in [3.8, 4) is 84.0 Å². The quantitative estimate of drug-likeness (QED) is 0.123. The lowest BCUT2D eigenvalue weighted by atomic mass is 9.93. The van der Waals surface area contributed by atoms with Crippen LogP contribution in [0.25, 0.3) is 66.8 Å². The van der Waals surface area contributed by atoms with Gasteiger partial charge in [0.25, 0.3) is 0 Å². The van der Waals surface area contributed by atoms with Crippen molar-refractivity contribution in [2.75, 3.05) is 26.2 Å². The Labute approximate surface area is 358 Å². The lowest BCUT2D eigenvalue weighted by molar-refractivity contribution is 0.415. The van der Waals surface area contributed by atoms with E-state index in [1.165, 1.54) is 33.4 Å². The van der Waals surface area contributed by atoms with E-state index >= 15 is 0 Å². The van der Waals surface area contributed by atoms with Gasteiger partial charge in [-0.3, -0.25) is 0 Å². The summed E-state index contributed by atoms with van der Waals surface area (Å²) in [4.78, 5) is 2.33.